The first-order valence-corrected chi connectivity index (χ1v) is 13.5. The highest BCUT2D eigenvalue weighted by atomic mass is 35.5. The molecular weight excluding hydrogens is 626 g/mol. The van der Waals surface area contributed by atoms with E-state index in [2.05, 4.69) is 0 Å². The summed E-state index contributed by atoms with van der Waals surface area (Å²) in [6.45, 7) is 1.83. The minimum Gasteiger partial charge on any atom is -0.493 e. The zero-order chi connectivity index (χ0) is 29.2. The monoisotopic (exact) mass is 642 g/mol. The Hall–Kier alpha value is -2.88. The van der Waals surface area contributed by atoms with Gasteiger partial charge < -0.3 is 19.1 Å². The van der Waals surface area contributed by atoms with Crippen LogP contribution in [0.15, 0.2) is 30.3 Å². The molecule has 0 bridgehead atoms. The molecule has 3 aromatic carbocycles. The SMILES string of the molecule is COc1cc(C2C(N3C(=O)c4c(Cl)c(Cl)c(Cl)c(Cl)c4C3=O)C(=O)N2c2ccc(C)c(Cl)c2)cc(OC)c1OC. The van der Waals surface area contributed by atoms with E-state index in [1.807, 2.05) is 6.92 Å². The van der Waals surface area contributed by atoms with Crippen molar-refractivity contribution in [2.45, 2.75) is 19.0 Å². The van der Waals surface area contributed by atoms with Gasteiger partial charge in [-0.1, -0.05) is 64.1 Å². The fourth-order valence-electron chi connectivity index (χ4n) is 4.97. The number of carbonyl (C=O) groups excluding carboxylic acids is 3. The maximum Gasteiger partial charge on any atom is 0.264 e. The number of ether oxygens (including phenoxy) is 3. The number of benzene rings is 3. The van der Waals surface area contributed by atoms with Gasteiger partial charge in [0.2, 0.25) is 5.75 Å². The van der Waals surface area contributed by atoms with Crippen LogP contribution in [0, 0.1) is 6.92 Å². The van der Waals surface area contributed by atoms with Gasteiger partial charge in [-0.15, -0.1) is 0 Å². The second-order valence-corrected chi connectivity index (χ2v) is 10.9. The summed E-state index contributed by atoms with van der Waals surface area (Å²) in [5.74, 6) is -1.26. The largest absolute Gasteiger partial charge is 0.493 e. The van der Waals surface area contributed by atoms with E-state index in [1.165, 1.54) is 26.2 Å². The van der Waals surface area contributed by atoms with Crippen LogP contribution in [0.3, 0.4) is 0 Å². The summed E-state index contributed by atoms with van der Waals surface area (Å²) in [5.41, 5.74) is 1.30. The van der Waals surface area contributed by atoms with E-state index in [0.717, 1.165) is 10.5 Å². The highest BCUT2D eigenvalue weighted by molar-refractivity contribution is 6.55. The molecule has 0 N–H and O–H groups in total. The summed E-state index contributed by atoms with van der Waals surface area (Å²) in [7, 11) is 4.35. The zero-order valence-electron chi connectivity index (χ0n) is 21.3. The number of anilines is 1. The van der Waals surface area contributed by atoms with Crippen molar-refractivity contribution >= 4 is 81.4 Å². The Morgan fingerprint density at radius 2 is 1.20 bits per heavy atom. The molecule has 2 aliphatic heterocycles. The van der Waals surface area contributed by atoms with E-state index in [-0.39, 0.29) is 31.2 Å². The van der Waals surface area contributed by atoms with Gasteiger partial charge in [0.15, 0.2) is 11.5 Å². The lowest BCUT2D eigenvalue weighted by atomic mass is 9.85. The number of β-lactam (4-membered cyclic amide) rings is 1. The van der Waals surface area contributed by atoms with E-state index in [9.17, 15) is 14.4 Å². The number of aryl methyl sites for hydroxylation is 1. The van der Waals surface area contributed by atoms with Crippen molar-refractivity contribution in [3.05, 3.63) is 77.7 Å². The van der Waals surface area contributed by atoms with Gasteiger partial charge >= 0.3 is 0 Å². The van der Waals surface area contributed by atoms with E-state index < -0.39 is 29.8 Å². The maximum absolute atomic E-state index is 13.8. The van der Waals surface area contributed by atoms with Crippen molar-refractivity contribution in [1.29, 1.82) is 0 Å². The number of fused-ring (bicyclic) bond motifs is 1. The molecule has 3 amide bonds. The fourth-order valence-corrected chi connectivity index (χ4v) is 6.16. The Balaban J connectivity index is 1.70. The first-order valence-electron chi connectivity index (χ1n) is 11.6. The summed E-state index contributed by atoms with van der Waals surface area (Å²) >= 11 is 31.4. The highest BCUT2D eigenvalue weighted by Gasteiger charge is 2.58. The van der Waals surface area contributed by atoms with Crippen molar-refractivity contribution in [3.8, 4) is 17.2 Å². The highest BCUT2D eigenvalue weighted by Crippen LogP contribution is 2.51. The van der Waals surface area contributed by atoms with Crippen LogP contribution in [0.4, 0.5) is 5.69 Å². The first kappa shape index (κ1) is 28.6. The van der Waals surface area contributed by atoms with E-state index in [1.54, 1.807) is 30.3 Å². The van der Waals surface area contributed by atoms with Crippen LogP contribution in [0.1, 0.15) is 37.9 Å². The second kappa shape index (κ2) is 10.5. The van der Waals surface area contributed by atoms with Gasteiger partial charge in [-0.25, -0.2) is 0 Å². The molecule has 5 rings (SSSR count). The number of hydrogen-bond donors (Lipinski definition) is 0. The van der Waals surface area contributed by atoms with E-state index >= 15 is 0 Å². The lowest BCUT2D eigenvalue weighted by Gasteiger charge is -2.50. The topological polar surface area (TPSA) is 85.4 Å². The summed E-state index contributed by atoms with van der Waals surface area (Å²) in [5, 5.41) is -0.379. The standard InChI is InChI=1S/C27H19Cl5N2O6/c1-10-5-6-12(9-13(10)28)33-22(11-7-14(38-2)24(40-4)15(8-11)39-3)23(27(33)37)34-25(35)16-17(26(34)36)19(30)21(32)20(31)18(16)29/h5-9,22-23H,1-4H3. The molecule has 13 heteroatoms. The summed E-state index contributed by atoms with van der Waals surface area (Å²) < 4.78 is 16.5. The molecule has 3 aromatic rings. The molecule has 2 aliphatic rings. The van der Waals surface area contributed by atoms with E-state index in [4.69, 9.17) is 72.2 Å². The van der Waals surface area contributed by atoms with Crippen LogP contribution in [0.5, 0.6) is 17.2 Å². The van der Waals surface area contributed by atoms with E-state index in [0.29, 0.717) is 33.5 Å². The van der Waals surface area contributed by atoms with Crippen LogP contribution in [-0.2, 0) is 4.79 Å². The number of rotatable bonds is 6. The molecule has 1 saturated heterocycles. The number of imide groups is 1. The molecule has 0 spiro atoms. The van der Waals surface area contributed by atoms with Crippen LogP contribution < -0.4 is 19.1 Å². The number of amides is 3. The molecule has 1 fully saturated rings. The van der Waals surface area contributed by atoms with Gasteiger partial charge in [0, 0.05) is 10.7 Å². The molecule has 0 radical (unpaired) electrons. The second-order valence-electron chi connectivity index (χ2n) is 8.98. The van der Waals surface area contributed by atoms with Crippen LogP contribution in [0.25, 0.3) is 0 Å². The Labute approximate surface area is 254 Å². The van der Waals surface area contributed by atoms with Crippen LogP contribution in [0.2, 0.25) is 25.1 Å². The van der Waals surface area contributed by atoms with Gasteiger partial charge in [-0.05, 0) is 42.3 Å². The third kappa shape index (κ3) is 4.08. The Kier molecular flexibility index (Phi) is 7.52. The molecule has 40 heavy (non-hydrogen) atoms. The number of hydrogen-bond acceptors (Lipinski definition) is 6. The third-order valence-electron chi connectivity index (χ3n) is 6.94. The fraction of sp³-hybridized carbons (Fsp3) is 0.222. The van der Waals surface area contributed by atoms with Crippen molar-refractivity contribution in [3.63, 3.8) is 0 Å². The molecule has 2 heterocycles. The lowest BCUT2D eigenvalue weighted by Crippen LogP contribution is -2.67. The summed E-state index contributed by atoms with van der Waals surface area (Å²) in [6, 6.07) is 6.21. The molecular formula is C27H19Cl5N2O6. The average molecular weight is 645 g/mol. The van der Waals surface area contributed by atoms with Crippen molar-refractivity contribution in [1.82, 2.24) is 4.90 Å². The number of halogens is 5. The Morgan fingerprint density at radius 1 is 0.675 bits per heavy atom. The molecule has 2 atom stereocenters. The predicted octanol–water partition coefficient (Wildman–Crippen LogP) is 7.04. The molecule has 2 unspecified atom stereocenters. The maximum atomic E-state index is 13.8. The lowest BCUT2D eigenvalue weighted by molar-refractivity contribution is -0.130. The average Bonchev–Trinajstić information content (AvgIpc) is 3.19. The minimum atomic E-state index is -1.29. The van der Waals surface area contributed by atoms with Gasteiger partial charge in [0.05, 0.1) is 58.6 Å². The van der Waals surface area contributed by atoms with Gasteiger partial charge in [0.1, 0.15) is 6.04 Å². The van der Waals surface area contributed by atoms with Crippen LogP contribution >= 0.6 is 58.0 Å². The summed E-state index contributed by atoms with van der Waals surface area (Å²) in [6.07, 6.45) is 0. The molecule has 8 nitrogen and oxygen atoms in total. The Morgan fingerprint density at radius 3 is 1.65 bits per heavy atom. The smallest absolute Gasteiger partial charge is 0.264 e. The number of nitrogens with zero attached hydrogens (tertiary/aromatic N) is 2. The first-order chi connectivity index (χ1) is 19.0. The summed E-state index contributed by atoms with van der Waals surface area (Å²) in [4.78, 5) is 43.5. The van der Waals surface area contributed by atoms with Gasteiger partial charge in [-0.2, -0.15) is 0 Å². The molecule has 0 aliphatic carbocycles. The van der Waals surface area contributed by atoms with Gasteiger partial charge in [0.25, 0.3) is 17.7 Å². The molecule has 0 saturated carbocycles. The predicted molar refractivity (Wildman–Crippen MR) is 153 cm³/mol. The quantitative estimate of drug-likeness (QED) is 0.124. The molecule has 0 aromatic heterocycles. The van der Waals surface area contributed by atoms with Crippen molar-refractivity contribution in [2.24, 2.45) is 0 Å². The third-order valence-corrected chi connectivity index (χ3v) is 9.15. The van der Waals surface area contributed by atoms with Crippen LogP contribution in [-0.4, -0.2) is 50.0 Å². The normalized spacial score (nSPS) is 18.2. The molecule has 208 valence electrons. The zero-order valence-corrected chi connectivity index (χ0v) is 25.1. The minimum absolute atomic E-state index is 0.174. The van der Waals surface area contributed by atoms with Crippen molar-refractivity contribution in [2.75, 3.05) is 26.2 Å². The Bertz CT molecular complexity index is 1560. The number of methoxy groups -OCH3 is 3. The van der Waals surface area contributed by atoms with Gasteiger partial charge in [-0.3, -0.25) is 19.3 Å². The number of carbonyl (C=O) groups is 3. The van der Waals surface area contributed by atoms with Crippen molar-refractivity contribution < 1.29 is 28.6 Å².